The number of rotatable bonds is 5. The number of anilines is 1. The van der Waals surface area contributed by atoms with Crippen molar-refractivity contribution in [3.05, 3.63) is 94.4 Å². The average Bonchev–Trinajstić information content (AvgIpc) is 3.35. The zero-order valence-electron chi connectivity index (χ0n) is 18.6. The van der Waals surface area contributed by atoms with Gasteiger partial charge in [-0.05, 0) is 35.3 Å². The van der Waals surface area contributed by atoms with Crippen LogP contribution in [0, 0.1) is 0 Å². The molecule has 0 bridgehead atoms. The molecule has 5 rings (SSSR count). The Morgan fingerprint density at radius 3 is 2.65 bits per heavy atom. The second-order valence-corrected chi connectivity index (χ2v) is 8.45. The number of hydrogen-bond donors (Lipinski definition) is 0. The predicted octanol–water partition coefficient (Wildman–Crippen LogP) is 4.73. The first-order chi connectivity index (χ1) is 16.6. The fourth-order valence-corrected chi connectivity index (χ4v) is 4.30. The fourth-order valence-electron chi connectivity index (χ4n) is 4.17. The van der Waals surface area contributed by atoms with Gasteiger partial charge in [0.1, 0.15) is 5.56 Å². The molecule has 0 N–H and O–H groups in total. The monoisotopic (exact) mass is 474 g/mol. The van der Waals surface area contributed by atoms with Gasteiger partial charge >= 0.3 is 5.97 Å². The van der Waals surface area contributed by atoms with Gasteiger partial charge in [-0.25, -0.2) is 19.8 Å². The Bertz CT molecular complexity index is 1260. The summed E-state index contributed by atoms with van der Waals surface area (Å²) in [6, 6.07) is 17.8. The van der Waals surface area contributed by atoms with Crippen LogP contribution in [0.15, 0.2) is 72.0 Å². The summed E-state index contributed by atoms with van der Waals surface area (Å²) in [4.78, 5) is 21.8. The number of hydrazone groups is 1. The quantitative estimate of drug-likeness (QED) is 0.497. The zero-order valence-corrected chi connectivity index (χ0v) is 19.4. The maximum atomic E-state index is 12.6. The molecule has 0 fully saturated rings. The smallest absolute Gasteiger partial charge is 0.343 e. The van der Waals surface area contributed by atoms with E-state index < -0.39 is 5.97 Å². The van der Waals surface area contributed by atoms with Crippen molar-refractivity contribution < 1.29 is 14.3 Å². The largest absolute Gasteiger partial charge is 0.465 e. The van der Waals surface area contributed by atoms with Crippen LogP contribution in [0.3, 0.4) is 0 Å². The molecule has 1 atom stereocenters. The van der Waals surface area contributed by atoms with Crippen molar-refractivity contribution in [1.29, 1.82) is 0 Å². The normalized spacial score (nSPS) is 17.8. The van der Waals surface area contributed by atoms with E-state index in [2.05, 4.69) is 17.1 Å². The molecule has 3 aromatic rings. The van der Waals surface area contributed by atoms with Crippen molar-refractivity contribution in [2.45, 2.75) is 12.3 Å². The number of hydrogen-bond acceptors (Lipinski definition) is 7. The molecule has 2 aliphatic heterocycles. The maximum Gasteiger partial charge on any atom is 0.343 e. The van der Waals surface area contributed by atoms with Crippen LogP contribution in [-0.2, 0) is 9.47 Å². The minimum atomic E-state index is -0.506. The first-order valence-corrected chi connectivity index (χ1v) is 11.4. The number of halogens is 1. The van der Waals surface area contributed by atoms with Crippen molar-refractivity contribution >= 4 is 34.7 Å². The average molecular weight is 475 g/mol. The van der Waals surface area contributed by atoms with E-state index in [1.165, 1.54) is 13.3 Å². The molecule has 0 radical (unpaired) electrons. The van der Waals surface area contributed by atoms with E-state index >= 15 is 0 Å². The first kappa shape index (κ1) is 22.3. The molecule has 0 spiro atoms. The van der Waals surface area contributed by atoms with Crippen LogP contribution >= 0.6 is 11.6 Å². The number of carbonyl (C=O) groups is 1. The summed E-state index contributed by atoms with van der Waals surface area (Å²) < 4.78 is 10.4. The summed E-state index contributed by atoms with van der Waals surface area (Å²) in [5, 5.41) is 7.38. The Labute approximate surface area is 202 Å². The molecule has 0 saturated carbocycles. The van der Waals surface area contributed by atoms with Gasteiger partial charge in [-0.2, -0.15) is 5.10 Å². The van der Waals surface area contributed by atoms with E-state index in [4.69, 9.17) is 31.2 Å². The Morgan fingerprint density at radius 2 is 1.94 bits per heavy atom. The third-order valence-corrected chi connectivity index (χ3v) is 6.18. The van der Waals surface area contributed by atoms with Gasteiger partial charge in [0.05, 0.1) is 32.6 Å². The SMILES string of the molecule is COC(=O)c1cnc(C2=CCOCC2)nc1N1CC(c2ccccc2)C(c2ccc(Cl)cc2)=N1. The highest BCUT2D eigenvalue weighted by molar-refractivity contribution is 6.30. The summed E-state index contributed by atoms with van der Waals surface area (Å²) in [6.45, 7) is 1.65. The van der Waals surface area contributed by atoms with Crippen molar-refractivity contribution in [2.24, 2.45) is 5.10 Å². The van der Waals surface area contributed by atoms with Crippen molar-refractivity contribution in [1.82, 2.24) is 9.97 Å². The number of methoxy groups -OCH3 is 1. The van der Waals surface area contributed by atoms with Crippen LogP contribution in [0.4, 0.5) is 5.82 Å². The molecule has 0 amide bonds. The Morgan fingerprint density at radius 1 is 1.15 bits per heavy atom. The minimum Gasteiger partial charge on any atom is -0.465 e. The number of carbonyl (C=O) groups excluding carboxylic acids is 1. The van der Waals surface area contributed by atoms with E-state index in [0.717, 1.165) is 22.4 Å². The number of nitrogens with zero attached hydrogens (tertiary/aromatic N) is 4. The first-order valence-electron chi connectivity index (χ1n) is 11.0. The highest BCUT2D eigenvalue weighted by atomic mass is 35.5. The van der Waals surface area contributed by atoms with Gasteiger partial charge in [-0.1, -0.05) is 60.1 Å². The van der Waals surface area contributed by atoms with Gasteiger partial charge in [0.15, 0.2) is 11.6 Å². The minimum absolute atomic E-state index is 0.0198. The molecule has 1 aromatic heterocycles. The molecule has 1 unspecified atom stereocenters. The van der Waals surface area contributed by atoms with Crippen LogP contribution in [0.2, 0.25) is 5.02 Å². The predicted molar refractivity (Wildman–Crippen MR) is 131 cm³/mol. The summed E-state index contributed by atoms with van der Waals surface area (Å²) in [5.41, 5.74) is 4.22. The number of aromatic nitrogens is 2. The van der Waals surface area contributed by atoms with Gasteiger partial charge in [0.25, 0.3) is 0 Å². The Kier molecular flexibility index (Phi) is 6.38. The Hall–Kier alpha value is -3.55. The van der Waals surface area contributed by atoms with E-state index in [-0.39, 0.29) is 11.5 Å². The lowest BCUT2D eigenvalue weighted by Gasteiger charge is -2.19. The molecule has 172 valence electrons. The zero-order chi connectivity index (χ0) is 23.5. The van der Waals surface area contributed by atoms with Gasteiger partial charge in [-0.15, -0.1) is 0 Å². The summed E-state index contributed by atoms with van der Waals surface area (Å²) in [5.74, 6) is 0.467. The van der Waals surface area contributed by atoms with E-state index in [1.54, 1.807) is 5.01 Å². The Balaban J connectivity index is 1.61. The van der Waals surface area contributed by atoms with E-state index in [0.29, 0.717) is 42.8 Å². The standard InChI is InChI=1S/C26H23ClN4O3/c1-33-26(32)21-15-28-24(19-11-13-34-14-12-19)29-25(21)31-16-22(17-5-3-2-4-6-17)23(30-31)18-7-9-20(27)10-8-18/h2-11,15,22H,12-14,16H2,1H3. The third kappa shape index (κ3) is 4.44. The molecule has 0 aliphatic carbocycles. The summed E-state index contributed by atoms with van der Waals surface area (Å²) >= 11 is 6.13. The molecule has 3 heterocycles. The third-order valence-electron chi connectivity index (χ3n) is 5.92. The molecule has 2 aliphatic rings. The molecule has 2 aromatic carbocycles. The number of ether oxygens (including phenoxy) is 2. The lowest BCUT2D eigenvalue weighted by Crippen LogP contribution is -2.23. The van der Waals surface area contributed by atoms with Gasteiger partial charge in [-0.3, -0.25) is 0 Å². The van der Waals surface area contributed by atoms with Crippen LogP contribution in [-0.4, -0.2) is 48.5 Å². The topological polar surface area (TPSA) is 76.9 Å². The second kappa shape index (κ2) is 9.75. The fraction of sp³-hybridized carbons (Fsp3) is 0.231. The second-order valence-electron chi connectivity index (χ2n) is 8.01. The maximum absolute atomic E-state index is 12.6. The molecule has 8 heteroatoms. The van der Waals surface area contributed by atoms with Crippen molar-refractivity contribution in [3.63, 3.8) is 0 Å². The highest BCUT2D eigenvalue weighted by Gasteiger charge is 2.33. The highest BCUT2D eigenvalue weighted by Crippen LogP contribution is 2.34. The van der Waals surface area contributed by atoms with Crippen LogP contribution < -0.4 is 5.01 Å². The lowest BCUT2D eigenvalue weighted by atomic mass is 9.90. The summed E-state index contributed by atoms with van der Waals surface area (Å²) in [7, 11) is 1.35. The van der Waals surface area contributed by atoms with Crippen LogP contribution in [0.5, 0.6) is 0 Å². The van der Waals surface area contributed by atoms with Crippen molar-refractivity contribution in [2.75, 3.05) is 31.9 Å². The number of benzene rings is 2. The number of esters is 1. The molecule has 7 nitrogen and oxygen atoms in total. The van der Waals surface area contributed by atoms with Crippen LogP contribution in [0.25, 0.3) is 5.57 Å². The molecule has 0 saturated heterocycles. The molecular formula is C26H23ClN4O3. The van der Waals surface area contributed by atoms with Crippen molar-refractivity contribution in [3.8, 4) is 0 Å². The van der Waals surface area contributed by atoms with Crippen LogP contribution in [0.1, 0.15) is 39.6 Å². The summed E-state index contributed by atoms with van der Waals surface area (Å²) in [6.07, 6.45) is 4.20. The molecular weight excluding hydrogens is 452 g/mol. The van der Waals surface area contributed by atoms with E-state index in [1.807, 2.05) is 48.5 Å². The molecule has 34 heavy (non-hydrogen) atoms. The van der Waals surface area contributed by atoms with Gasteiger partial charge in [0.2, 0.25) is 0 Å². The van der Waals surface area contributed by atoms with Gasteiger partial charge in [0, 0.05) is 17.1 Å². The lowest BCUT2D eigenvalue weighted by molar-refractivity contribution is 0.0600. The van der Waals surface area contributed by atoms with E-state index in [9.17, 15) is 4.79 Å². The van der Waals surface area contributed by atoms with Gasteiger partial charge < -0.3 is 9.47 Å².